The van der Waals surface area contributed by atoms with Gasteiger partial charge in [-0.2, -0.15) is 5.10 Å². The SMILES string of the molecule is CC(C)(C)NC[C@@H](O)c1cccc(-n2cccn2)n1. The van der Waals surface area contributed by atoms with Crippen LogP contribution >= 0.6 is 0 Å². The molecule has 102 valence electrons. The Kier molecular flexibility index (Phi) is 3.97. The van der Waals surface area contributed by atoms with Crippen LogP contribution in [0, 0.1) is 0 Å². The average molecular weight is 260 g/mol. The molecule has 0 saturated heterocycles. The monoisotopic (exact) mass is 260 g/mol. The molecular weight excluding hydrogens is 240 g/mol. The zero-order valence-electron chi connectivity index (χ0n) is 11.5. The van der Waals surface area contributed by atoms with Gasteiger partial charge in [0.2, 0.25) is 0 Å². The third-order valence-corrected chi connectivity index (χ3v) is 2.66. The Morgan fingerprint density at radius 3 is 2.74 bits per heavy atom. The summed E-state index contributed by atoms with van der Waals surface area (Å²) in [5.74, 6) is 0.706. The zero-order chi connectivity index (χ0) is 13.9. The smallest absolute Gasteiger partial charge is 0.153 e. The third-order valence-electron chi connectivity index (χ3n) is 2.66. The molecule has 2 heterocycles. The summed E-state index contributed by atoms with van der Waals surface area (Å²) in [6.07, 6.45) is 2.90. The van der Waals surface area contributed by atoms with Crippen LogP contribution in [0.1, 0.15) is 32.6 Å². The van der Waals surface area contributed by atoms with Crippen molar-refractivity contribution in [1.82, 2.24) is 20.1 Å². The lowest BCUT2D eigenvalue weighted by molar-refractivity contribution is 0.159. The van der Waals surface area contributed by atoms with E-state index in [9.17, 15) is 5.11 Å². The van der Waals surface area contributed by atoms with Crippen LogP contribution < -0.4 is 5.32 Å². The molecule has 19 heavy (non-hydrogen) atoms. The molecule has 0 radical (unpaired) electrons. The molecular formula is C14H20N4O. The van der Waals surface area contributed by atoms with Crippen LogP contribution in [-0.2, 0) is 0 Å². The third kappa shape index (κ3) is 3.87. The van der Waals surface area contributed by atoms with E-state index in [0.29, 0.717) is 18.1 Å². The zero-order valence-corrected chi connectivity index (χ0v) is 11.5. The van der Waals surface area contributed by atoms with E-state index < -0.39 is 6.10 Å². The molecule has 2 rings (SSSR count). The lowest BCUT2D eigenvalue weighted by atomic mass is 10.1. The summed E-state index contributed by atoms with van der Waals surface area (Å²) in [6, 6.07) is 7.40. The van der Waals surface area contributed by atoms with Crippen LogP contribution in [0.3, 0.4) is 0 Å². The number of nitrogens with one attached hydrogen (secondary N) is 1. The summed E-state index contributed by atoms with van der Waals surface area (Å²) >= 11 is 0. The molecule has 2 aromatic heterocycles. The quantitative estimate of drug-likeness (QED) is 0.878. The number of aliphatic hydroxyl groups is 1. The molecule has 0 fully saturated rings. The number of aliphatic hydroxyl groups excluding tert-OH is 1. The van der Waals surface area contributed by atoms with E-state index in [1.807, 2.05) is 30.5 Å². The number of rotatable bonds is 4. The van der Waals surface area contributed by atoms with Gasteiger partial charge < -0.3 is 10.4 Å². The van der Waals surface area contributed by atoms with Gasteiger partial charge in [0.05, 0.1) is 5.69 Å². The van der Waals surface area contributed by atoms with Crippen LogP contribution in [0.25, 0.3) is 5.82 Å². The normalized spacial score (nSPS) is 13.5. The van der Waals surface area contributed by atoms with Crippen molar-refractivity contribution in [2.45, 2.75) is 32.4 Å². The van der Waals surface area contributed by atoms with Crippen LogP contribution in [0.2, 0.25) is 0 Å². The van der Waals surface area contributed by atoms with Gasteiger partial charge in [0, 0.05) is 24.5 Å². The Labute approximate surface area is 113 Å². The van der Waals surface area contributed by atoms with Crippen LogP contribution in [0.15, 0.2) is 36.7 Å². The lowest BCUT2D eigenvalue weighted by Crippen LogP contribution is -2.38. The topological polar surface area (TPSA) is 63.0 Å². The minimum absolute atomic E-state index is 0.0272. The van der Waals surface area contributed by atoms with E-state index in [1.54, 1.807) is 10.9 Å². The lowest BCUT2D eigenvalue weighted by Gasteiger charge is -2.22. The van der Waals surface area contributed by atoms with Crippen molar-refractivity contribution in [3.05, 3.63) is 42.4 Å². The summed E-state index contributed by atoms with van der Waals surface area (Å²) < 4.78 is 1.67. The van der Waals surface area contributed by atoms with Crippen molar-refractivity contribution in [3.8, 4) is 5.82 Å². The van der Waals surface area contributed by atoms with E-state index in [0.717, 1.165) is 0 Å². The van der Waals surface area contributed by atoms with E-state index >= 15 is 0 Å². The highest BCUT2D eigenvalue weighted by Gasteiger charge is 2.15. The maximum atomic E-state index is 10.2. The Bertz CT molecular complexity index is 516. The molecule has 0 aliphatic carbocycles. The van der Waals surface area contributed by atoms with Gasteiger partial charge in [-0.3, -0.25) is 0 Å². The predicted octanol–water partition coefficient (Wildman–Crippen LogP) is 1.69. The van der Waals surface area contributed by atoms with E-state index in [4.69, 9.17) is 0 Å². The molecule has 0 saturated carbocycles. The molecule has 0 unspecified atom stereocenters. The maximum absolute atomic E-state index is 10.2. The number of pyridine rings is 1. The largest absolute Gasteiger partial charge is 0.385 e. The highest BCUT2D eigenvalue weighted by molar-refractivity contribution is 5.24. The average Bonchev–Trinajstić information content (AvgIpc) is 2.89. The van der Waals surface area contributed by atoms with Crippen LogP contribution in [0.5, 0.6) is 0 Å². The van der Waals surface area contributed by atoms with Gasteiger partial charge >= 0.3 is 0 Å². The number of hydrogen-bond acceptors (Lipinski definition) is 4. The molecule has 0 aliphatic rings. The summed E-state index contributed by atoms with van der Waals surface area (Å²) in [5.41, 5.74) is 0.616. The van der Waals surface area contributed by atoms with E-state index in [-0.39, 0.29) is 5.54 Å². The number of hydrogen-bond donors (Lipinski definition) is 2. The van der Waals surface area contributed by atoms with Crippen molar-refractivity contribution in [2.75, 3.05) is 6.54 Å². The fraction of sp³-hybridized carbons (Fsp3) is 0.429. The summed E-state index contributed by atoms with van der Waals surface area (Å²) in [7, 11) is 0. The van der Waals surface area contributed by atoms with Gasteiger partial charge in [-0.25, -0.2) is 9.67 Å². The highest BCUT2D eigenvalue weighted by Crippen LogP contribution is 2.13. The first kappa shape index (κ1) is 13.7. The number of aromatic nitrogens is 3. The highest BCUT2D eigenvalue weighted by atomic mass is 16.3. The first-order chi connectivity index (χ1) is 8.96. The van der Waals surface area contributed by atoms with Gasteiger partial charge in [-0.15, -0.1) is 0 Å². The van der Waals surface area contributed by atoms with Crippen molar-refractivity contribution in [2.24, 2.45) is 0 Å². The predicted molar refractivity (Wildman–Crippen MR) is 74.1 cm³/mol. The van der Waals surface area contributed by atoms with Crippen LogP contribution in [0.4, 0.5) is 0 Å². The Morgan fingerprint density at radius 2 is 2.11 bits per heavy atom. The Morgan fingerprint density at radius 1 is 1.32 bits per heavy atom. The second-order valence-corrected chi connectivity index (χ2v) is 5.52. The van der Waals surface area contributed by atoms with Gasteiger partial charge in [-0.05, 0) is 39.0 Å². The first-order valence-electron chi connectivity index (χ1n) is 6.36. The number of β-amino-alcohol motifs (C(OH)–C–C–N with tert-alkyl or cyclic N) is 1. The van der Waals surface area contributed by atoms with Crippen molar-refractivity contribution in [1.29, 1.82) is 0 Å². The molecule has 0 spiro atoms. The molecule has 2 aromatic rings. The molecule has 5 heteroatoms. The molecule has 5 nitrogen and oxygen atoms in total. The fourth-order valence-corrected chi connectivity index (χ4v) is 1.66. The first-order valence-corrected chi connectivity index (χ1v) is 6.36. The minimum Gasteiger partial charge on any atom is -0.385 e. The van der Waals surface area contributed by atoms with Gasteiger partial charge in [0.1, 0.15) is 6.10 Å². The van der Waals surface area contributed by atoms with Crippen molar-refractivity contribution in [3.63, 3.8) is 0 Å². The van der Waals surface area contributed by atoms with E-state index in [2.05, 4.69) is 36.2 Å². The summed E-state index contributed by atoms with van der Waals surface area (Å²) in [6.45, 7) is 6.66. The molecule has 0 aliphatic heterocycles. The Balaban J connectivity index is 2.10. The van der Waals surface area contributed by atoms with Crippen LogP contribution in [-0.4, -0.2) is 32.0 Å². The second-order valence-electron chi connectivity index (χ2n) is 5.52. The van der Waals surface area contributed by atoms with Gasteiger partial charge in [0.25, 0.3) is 0 Å². The molecule has 0 bridgehead atoms. The standard InChI is InChI=1S/C14H20N4O/c1-14(2,3)15-10-12(19)11-6-4-7-13(17-11)18-9-5-8-16-18/h4-9,12,15,19H,10H2,1-3H3/t12-/m1/s1. The molecule has 0 aromatic carbocycles. The minimum atomic E-state index is -0.630. The maximum Gasteiger partial charge on any atom is 0.153 e. The van der Waals surface area contributed by atoms with E-state index in [1.165, 1.54) is 0 Å². The number of nitrogens with zero attached hydrogens (tertiary/aromatic N) is 3. The fourth-order valence-electron chi connectivity index (χ4n) is 1.66. The second kappa shape index (κ2) is 5.50. The van der Waals surface area contributed by atoms with Gasteiger partial charge in [0.15, 0.2) is 5.82 Å². The van der Waals surface area contributed by atoms with Crippen molar-refractivity contribution >= 4 is 0 Å². The van der Waals surface area contributed by atoms with Gasteiger partial charge in [-0.1, -0.05) is 6.07 Å². The van der Waals surface area contributed by atoms with Crippen molar-refractivity contribution < 1.29 is 5.11 Å². The molecule has 2 N–H and O–H groups in total. The summed E-state index contributed by atoms with van der Waals surface area (Å²) in [4.78, 5) is 4.43. The molecule has 1 atom stereocenters. The summed E-state index contributed by atoms with van der Waals surface area (Å²) in [5, 5.41) is 17.5. The Hall–Kier alpha value is -1.72. The molecule has 0 amide bonds.